The molecule has 2 rings (SSSR count). The third-order valence-electron chi connectivity index (χ3n) is 8.79. The van der Waals surface area contributed by atoms with Crippen molar-refractivity contribution in [1.29, 1.82) is 0 Å². The fourth-order valence-corrected chi connectivity index (χ4v) is 11.8. The smallest absolute Gasteiger partial charge is 0.422 e. The van der Waals surface area contributed by atoms with Crippen LogP contribution in [0.4, 0.5) is 13.2 Å². The van der Waals surface area contributed by atoms with Gasteiger partial charge in [0.1, 0.15) is 0 Å². The van der Waals surface area contributed by atoms with E-state index >= 15 is 0 Å². The van der Waals surface area contributed by atoms with Crippen molar-refractivity contribution >= 4 is 8.32 Å². The molecule has 3 nitrogen and oxygen atoms in total. The van der Waals surface area contributed by atoms with E-state index in [4.69, 9.17) is 13.9 Å². The molecule has 0 amide bonds. The summed E-state index contributed by atoms with van der Waals surface area (Å²) in [6.07, 6.45) is 11.9. The van der Waals surface area contributed by atoms with Crippen molar-refractivity contribution in [3.8, 4) is 0 Å². The van der Waals surface area contributed by atoms with Crippen molar-refractivity contribution in [2.24, 2.45) is 5.41 Å². The lowest BCUT2D eigenvalue weighted by Crippen LogP contribution is -2.48. The highest BCUT2D eigenvalue weighted by Crippen LogP contribution is 2.48. The summed E-state index contributed by atoms with van der Waals surface area (Å²) in [6, 6.07) is 0. The summed E-state index contributed by atoms with van der Waals surface area (Å²) < 4.78 is 55.9. The van der Waals surface area contributed by atoms with Crippen LogP contribution in [0, 0.1) is 5.41 Å². The van der Waals surface area contributed by atoms with Gasteiger partial charge in [-0.15, -0.1) is 0 Å². The van der Waals surface area contributed by atoms with Crippen LogP contribution in [0.3, 0.4) is 0 Å². The van der Waals surface area contributed by atoms with E-state index in [9.17, 15) is 13.2 Å². The third kappa shape index (κ3) is 10.2. The molecule has 1 fully saturated rings. The zero-order valence-electron chi connectivity index (χ0n) is 27.4. The van der Waals surface area contributed by atoms with Gasteiger partial charge in [-0.1, -0.05) is 77.0 Å². The van der Waals surface area contributed by atoms with Crippen molar-refractivity contribution in [3.05, 3.63) is 59.1 Å². The Morgan fingerprint density at radius 3 is 2.12 bits per heavy atom. The topological polar surface area (TPSA) is 31.0 Å². The molecule has 2 aliphatic rings. The number of hydrogen-bond donors (Lipinski definition) is 0. The Balaban J connectivity index is 2.09. The van der Waals surface area contributed by atoms with Gasteiger partial charge in [0, 0.05) is 5.41 Å². The largest absolute Gasteiger partial charge is 0.545 e. The molecule has 41 heavy (non-hydrogen) atoms. The highest BCUT2D eigenvalue weighted by Gasteiger charge is 2.49. The Morgan fingerprint density at radius 1 is 1.02 bits per heavy atom. The molecular weight excluding hydrogens is 541 g/mol. The standard InChI is InChI=1S/C34H55F3O3Si/c1-24(2)41(25(3)4,26(5)6)40-31-15-13-19-33(31,11)18-12-14-27(7)20-29(22-38-23-34(35,36)37)21-28(8)16-17-30-32(9,10)39-30/h13-15,19,21-22,24-26,30H,12,16-18,20,23H2,1-11H3/b27-14+,28-21+,29-22-/t30-,33+/m0/s1. The van der Waals surface area contributed by atoms with Gasteiger partial charge >= 0.3 is 6.18 Å². The second kappa shape index (κ2) is 14.2. The van der Waals surface area contributed by atoms with E-state index in [0.29, 0.717) is 23.0 Å². The highest BCUT2D eigenvalue weighted by molar-refractivity contribution is 6.77. The summed E-state index contributed by atoms with van der Waals surface area (Å²) in [7, 11) is -2.06. The monoisotopic (exact) mass is 596 g/mol. The summed E-state index contributed by atoms with van der Waals surface area (Å²) in [6.45, 7) is 23.0. The number of halogens is 3. The summed E-state index contributed by atoms with van der Waals surface area (Å²) in [5, 5.41) is 0. The first kappa shape index (κ1) is 35.5. The van der Waals surface area contributed by atoms with Crippen molar-refractivity contribution in [2.45, 2.75) is 143 Å². The van der Waals surface area contributed by atoms with Gasteiger partial charge in [-0.3, -0.25) is 0 Å². The van der Waals surface area contributed by atoms with Crippen molar-refractivity contribution in [2.75, 3.05) is 6.61 Å². The molecule has 1 aliphatic carbocycles. The summed E-state index contributed by atoms with van der Waals surface area (Å²) in [5.41, 5.74) is 4.22. The maximum absolute atomic E-state index is 12.7. The van der Waals surface area contributed by atoms with Crippen LogP contribution in [-0.2, 0) is 13.9 Å². The van der Waals surface area contributed by atoms with Crippen LogP contribution in [0.5, 0.6) is 0 Å². The van der Waals surface area contributed by atoms with E-state index < -0.39 is 21.1 Å². The number of hydrogen-bond acceptors (Lipinski definition) is 3. The van der Waals surface area contributed by atoms with Gasteiger partial charge in [0.25, 0.3) is 8.32 Å². The number of allylic oxidation sites excluding steroid dienone is 8. The number of ether oxygens (including phenoxy) is 2. The van der Waals surface area contributed by atoms with Crippen molar-refractivity contribution < 1.29 is 27.1 Å². The highest BCUT2D eigenvalue weighted by atomic mass is 28.4. The van der Waals surface area contributed by atoms with E-state index in [0.717, 1.165) is 48.2 Å². The minimum Gasteiger partial charge on any atom is -0.545 e. The number of epoxide rings is 1. The first-order chi connectivity index (χ1) is 18.8. The molecule has 0 N–H and O–H groups in total. The van der Waals surface area contributed by atoms with Crippen LogP contribution in [0.25, 0.3) is 0 Å². The van der Waals surface area contributed by atoms with Gasteiger partial charge in [0.05, 0.1) is 23.7 Å². The number of rotatable bonds is 16. The summed E-state index contributed by atoms with van der Waals surface area (Å²) in [4.78, 5) is 0. The molecule has 234 valence electrons. The van der Waals surface area contributed by atoms with Crippen molar-refractivity contribution in [1.82, 2.24) is 0 Å². The molecule has 1 saturated heterocycles. The molecule has 0 unspecified atom stereocenters. The zero-order chi connectivity index (χ0) is 31.2. The second-order valence-electron chi connectivity index (χ2n) is 13.9. The molecule has 2 atom stereocenters. The van der Waals surface area contributed by atoms with Gasteiger partial charge < -0.3 is 13.9 Å². The van der Waals surface area contributed by atoms with Gasteiger partial charge in [-0.2, -0.15) is 13.2 Å². The average Bonchev–Trinajstić information content (AvgIpc) is 3.27. The molecule has 0 aromatic carbocycles. The lowest BCUT2D eigenvalue weighted by Gasteiger charge is -2.45. The van der Waals surface area contributed by atoms with Crippen LogP contribution >= 0.6 is 0 Å². The fraction of sp³-hybridized carbons (Fsp3) is 0.706. The third-order valence-corrected chi connectivity index (χ3v) is 14.8. The first-order valence-electron chi connectivity index (χ1n) is 15.3. The summed E-state index contributed by atoms with van der Waals surface area (Å²) in [5.74, 6) is 1.08. The minimum atomic E-state index is -4.36. The van der Waals surface area contributed by atoms with Crippen LogP contribution in [0.1, 0.15) is 108 Å². The SMILES string of the molecule is C/C(=C\C(=C/OCC(F)(F)F)C/C(C)=C/CC[C@]1(C)C=CC=C1O[Si](C(C)C)(C(C)C)C(C)C)CC[C@@H]1OC1(C)C. The predicted octanol–water partition coefficient (Wildman–Crippen LogP) is 11.1. The Labute approximate surface area is 249 Å². The average molecular weight is 597 g/mol. The minimum absolute atomic E-state index is 0.0681. The Kier molecular flexibility index (Phi) is 12.2. The number of alkyl halides is 3. The molecule has 0 aromatic rings. The van der Waals surface area contributed by atoms with Gasteiger partial charge in [0.15, 0.2) is 6.61 Å². The lowest BCUT2D eigenvalue weighted by atomic mass is 9.85. The second-order valence-corrected chi connectivity index (χ2v) is 19.2. The van der Waals surface area contributed by atoms with E-state index in [1.54, 1.807) is 0 Å². The maximum atomic E-state index is 12.7. The summed E-state index contributed by atoms with van der Waals surface area (Å²) >= 11 is 0. The molecule has 0 aromatic heterocycles. The fourth-order valence-electron chi connectivity index (χ4n) is 6.39. The van der Waals surface area contributed by atoms with E-state index in [2.05, 4.69) is 86.6 Å². The van der Waals surface area contributed by atoms with E-state index in [1.165, 1.54) is 6.26 Å². The molecule has 1 aliphatic heterocycles. The van der Waals surface area contributed by atoms with Gasteiger partial charge in [-0.25, -0.2) is 0 Å². The van der Waals surface area contributed by atoms with E-state index in [-0.39, 0.29) is 17.1 Å². The van der Waals surface area contributed by atoms with Crippen LogP contribution < -0.4 is 0 Å². The molecule has 0 radical (unpaired) electrons. The quantitative estimate of drug-likeness (QED) is 0.0584. The Bertz CT molecular complexity index is 1010. The van der Waals surface area contributed by atoms with Crippen LogP contribution in [0.15, 0.2) is 59.1 Å². The lowest BCUT2D eigenvalue weighted by molar-refractivity contribution is -0.161. The molecule has 7 heteroatoms. The maximum Gasteiger partial charge on any atom is 0.422 e. The normalized spacial score (nSPS) is 23.6. The molecule has 1 heterocycles. The molecular formula is C34H55F3O3Si. The molecule has 0 bridgehead atoms. The first-order valence-corrected chi connectivity index (χ1v) is 17.4. The van der Waals surface area contributed by atoms with Crippen LogP contribution in [-0.4, -0.2) is 32.8 Å². The predicted molar refractivity (Wildman–Crippen MR) is 167 cm³/mol. The van der Waals surface area contributed by atoms with E-state index in [1.807, 2.05) is 19.9 Å². The van der Waals surface area contributed by atoms with Crippen LogP contribution in [0.2, 0.25) is 16.6 Å². The van der Waals surface area contributed by atoms with Gasteiger partial charge in [0.2, 0.25) is 0 Å². The Hall–Kier alpha value is -1.73. The van der Waals surface area contributed by atoms with Gasteiger partial charge in [-0.05, 0) is 95.0 Å². The molecule has 0 spiro atoms. The molecule has 0 saturated carbocycles. The van der Waals surface area contributed by atoms with Crippen molar-refractivity contribution in [3.63, 3.8) is 0 Å². The zero-order valence-corrected chi connectivity index (χ0v) is 28.4. The Morgan fingerprint density at radius 2 is 1.61 bits per heavy atom.